The molecule has 1 rings (SSSR count). The van der Waals surface area contributed by atoms with Crippen LogP contribution in [0.4, 0.5) is 0 Å². The van der Waals surface area contributed by atoms with Crippen LogP contribution in [-0.4, -0.2) is 22.3 Å². The smallest absolute Gasteiger partial charge is 0.316 e. The number of hydrogen-bond donors (Lipinski definition) is 0. The largest absolute Gasteiger partial charge is 0.459 e. The lowest BCUT2D eigenvalue weighted by Crippen LogP contribution is -2.31. The number of aromatic nitrogens is 1. The molecule has 18 heavy (non-hydrogen) atoms. The summed E-state index contributed by atoms with van der Waals surface area (Å²) in [5, 5.41) is 2.76. The molecule has 5 heteroatoms. The first-order valence-corrected chi connectivity index (χ1v) is 6.73. The molecule has 0 saturated carbocycles. The number of rotatable bonds is 4. The van der Waals surface area contributed by atoms with E-state index in [-0.39, 0.29) is 12.2 Å². The molecule has 1 unspecified atom stereocenters. The highest BCUT2D eigenvalue weighted by molar-refractivity contribution is 7.09. The molecule has 0 aliphatic rings. The lowest BCUT2D eigenvalue weighted by molar-refractivity contribution is -0.161. The molecule has 0 aromatic carbocycles. The van der Waals surface area contributed by atoms with Gasteiger partial charge in [0.1, 0.15) is 11.5 Å². The van der Waals surface area contributed by atoms with Gasteiger partial charge in [-0.2, -0.15) is 0 Å². The minimum Gasteiger partial charge on any atom is -0.459 e. The zero-order valence-corrected chi connectivity index (χ0v) is 12.3. The van der Waals surface area contributed by atoms with Gasteiger partial charge in [0.15, 0.2) is 5.78 Å². The first-order valence-electron chi connectivity index (χ1n) is 5.85. The molecule has 1 heterocycles. The van der Waals surface area contributed by atoms with Crippen molar-refractivity contribution in [1.82, 2.24) is 4.98 Å². The molecule has 0 fully saturated rings. The van der Waals surface area contributed by atoms with Crippen LogP contribution < -0.4 is 0 Å². The maximum absolute atomic E-state index is 11.9. The number of Topliss-reactive ketones (excluding diaryl/α,β-unsaturated/α-hetero) is 1. The normalized spacial score (nSPS) is 13.2. The maximum atomic E-state index is 11.9. The molecule has 4 nitrogen and oxygen atoms in total. The third-order valence-corrected chi connectivity index (χ3v) is 3.09. The monoisotopic (exact) mass is 269 g/mol. The van der Waals surface area contributed by atoms with Crippen molar-refractivity contribution in [3.05, 3.63) is 16.1 Å². The number of ketones is 1. The van der Waals surface area contributed by atoms with E-state index < -0.39 is 17.5 Å². The Morgan fingerprint density at radius 2 is 2.06 bits per heavy atom. The Labute approximate surface area is 111 Å². The molecule has 0 amide bonds. The number of carbonyl (C=O) groups excluding carboxylic acids is 2. The standard InChI is InChI=1S/C13H19NO3S/c1-8(12(16)17-13(3,4)5)11(15)6-10-7-18-9(2)14-10/h7-8H,6H2,1-5H3. The van der Waals surface area contributed by atoms with Gasteiger partial charge in [-0.25, -0.2) is 4.98 Å². The molecule has 0 aliphatic heterocycles. The number of nitrogens with zero attached hydrogens (tertiary/aromatic N) is 1. The fraction of sp³-hybridized carbons (Fsp3) is 0.615. The number of aryl methyl sites for hydroxylation is 1. The topological polar surface area (TPSA) is 56.3 Å². The van der Waals surface area contributed by atoms with E-state index in [1.165, 1.54) is 11.3 Å². The summed E-state index contributed by atoms with van der Waals surface area (Å²) in [4.78, 5) is 27.9. The van der Waals surface area contributed by atoms with E-state index in [2.05, 4.69) is 4.98 Å². The van der Waals surface area contributed by atoms with Crippen LogP contribution in [-0.2, 0) is 20.7 Å². The Morgan fingerprint density at radius 1 is 1.44 bits per heavy atom. The summed E-state index contributed by atoms with van der Waals surface area (Å²) >= 11 is 1.50. The van der Waals surface area contributed by atoms with E-state index in [1.54, 1.807) is 27.7 Å². The van der Waals surface area contributed by atoms with Gasteiger partial charge in [0, 0.05) is 5.38 Å². The van der Waals surface area contributed by atoms with Crippen LogP contribution in [0.3, 0.4) is 0 Å². The summed E-state index contributed by atoms with van der Waals surface area (Å²) in [5.74, 6) is -1.37. The van der Waals surface area contributed by atoms with Crippen LogP contribution in [0.2, 0.25) is 0 Å². The predicted octanol–water partition coefficient (Wildman–Crippen LogP) is 2.54. The molecule has 1 atom stereocenters. The van der Waals surface area contributed by atoms with Gasteiger partial charge in [0.2, 0.25) is 0 Å². The third-order valence-electron chi connectivity index (χ3n) is 2.27. The van der Waals surface area contributed by atoms with Crippen LogP contribution in [0, 0.1) is 12.8 Å². The first kappa shape index (κ1) is 14.8. The Morgan fingerprint density at radius 3 is 2.50 bits per heavy atom. The number of thiazole rings is 1. The minimum absolute atomic E-state index is 0.158. The number of carbonyl (C=O) groups is 2. The van der Waals surface area contributed by atoms with Gasteiger partial charge in [-0.3, -0.25) is 9.59 Å². The van der Waals surface area contributed by atoms with Crippen LogP contribution in [0.25, 0.3) is 0 Å². The van der Waals surface area contributed by atoms with Gasteiger partial charge in [-0.1, -0.05) is 0 Å². The second kappa shape index (κ2) is 5.61. The Bertz CT molecular complexity index is 445. The number of hydrogen-bond acceptors (Lipinski definition) is 5. The second-order valence-electron chi connectivity index (χ2n) is 5.26. The summed E-state index contributed by atoms with van der Waals surface area (Å²) in [5.41, 5.74) is 0.154. The van der Waals surface area contributed by atoms with Gasteiger partial charge in [0.05, 0.1) is 17.1 Å². The van der Waals surface area contributed by atoms with Crippen LogP contribution in [0.1, 0.15) is 38.4 Å². The van der Waals surface area contributed by atoms with Crippen LogP contribution >= 0.6 is 11.3 Å². The van der Waals surface area contributed by atoms with Gasteiger partial charge in [0.25, 0.3) is 0 Å². The highest BCUT2D eigenvalue weighted by atomic mass is 32.1. The molecule has 0 aliphatic carbocycles. The van der Waals surface area contributed by atoms with Crippen molar-refractivity contribution >= 4 is 23.1 Å². The lowest BCUT2D eigenvalue weighted by atomic mass is 10.0. The predicted molar refractivity (Wildman–Crippen MR) is 70.6 cm³/mol. The molecule has 0 bridgehead atoms. The highest BCUT2D eigenvalue weighted by Crippen LogP contribution is 2.15. The summed E-state index contributed by atoms with van der Waals surface area (Å²) in [6.07, 6.45) is 0.185. The Hall–Kier alpha value is -1.23. The SMILES string of the molecule is Cc1nc(CC(=O)C(C)C(=O)OC(C)(C)C)cs1. The molecule has 0 radical (unpaired) electrons. The van der Waals surface area contributed by atoms with Gasteiger partial charge >= 0.3 is 5.97 Å². The Kier molecular flexibility index (Phi) is 4.62. The van der Waals surface area contributed by atoms with Gasteiger partial charge in [-0.15, -0.1) is 11.3 Å². The zero-order chi connectivity index (χ0) is 13.9. The summed E-state index contributed by atoms with van der Waals surface area (Å²) in [6, 6.07) is 0. The highest BCUT2D eigenvalue weighted by Gasteiger charge is 2.27. The molecule has 0 N–H and O–H groups in total. The summed E-state index contributed by atoms with van der Waals surface area (Å²) in [7, 11) is 0. The molecule has 0 spiro atoms. The van der Waals surface area contributed by atoms with Crippen molar-refractivity contribution in [1.29, 1.82) is 0 Å². The second-order valence-corrected chi connectivity index (χ2v) is 6.32. The van der Waals surface area contributed by atoms with E-state index in [9.17, 15) is 9.59 Å². The summed E-state index contributed by atoms with van der Waals surface area (Å²) in [6.45, 7) is 8.81. The number of esters is 1. The van der Waals surface area contributed by atoms with E-state index in [4.69, 9.17) is 4.74 Å². The van der Waals surface area contributed by atoms with E-state index in [1.807, 2.05) is 12.3 Å². The van der Waals surface area contributed by atoms with Crippen molar-refractivity contribution in [2.45, 2.75) is 46.6 Å². The molecule has 100 valence electrons. The first-order chi connectivity index (χ1) is 8.19. The van der Waals surface area contributed by atoms with E-state index >= 15 is 0 Å². The van der Waals surface area contributed by atoms with Crippen LogP contribution in [0.15, 0.2) is 5.38 Å². The maximum Gasteiger partial charge on any atom is 0.316 e. The molecule has 1 aromatic heterocycles. The van der Waals surface area contributed by atoms with Crippen molar-refractivity contribution in [2.24, 2.45) is 5.92 Å². The van der Waals surface area contributed by atoms with Gasteiger partial charge < -0.3 is 4.74 Å². The van der Waals surface area contributed by atoms with Crippen molar-refractivity contribution in [3.63, 3.8) is 0 Å². The van der Waals surface area contributed by atoms with Crippen molar-refractivity contribution in [2.75, 3.05) is 0 Å². The fourth-order valence-electron chi connectivity index (χ4n) is 1.34. The quantitative estimate of drug-likeness (QED) is 0.622. The molecular formula is C13H19NO3S. The number of ether oxygens (including phenoxy) is 1. The zero-order valence-electron chi connectivity index (χ0n) is 11.4. The third kappa shape index (κ3) is 4.56. The minimum atomic E-state index is -0.744. The van der Waals surface area contributed by atoms with Crippen molar-refractivity contribution in [3.8, 4) is 0 Å². The molecule has 0 saturated heterocycles. The average molecular weight is 269 g/mol. The molecule has 1 aromatic rings. The average Bonchev–Trinajstić information content (AvgIpc) is 2.60. The Balaban J connectivity index is 2.59. The summed E-state index contributed by atoms with van der Waals surface area (Å²) < 4.78 is 5.19. The molecular weight excluding hydrogens is 250 g/mol. The van der Waals surface area contributed by atoms with E-state index in [0.29, 0.717) is 0 Å². The fourth-order valence-corrected chi connectivity index (χ4v) is 1.96. The van der Waals surface area contributed by atoms with Gasteiger partial charge in [-0.05, 0) is 34.6 Å². The van der Waals surface area contributed by atoms with Crippen molar-refractivity contribution < 1.29 is 14.3 Å². The van der Waals surface area contributed by atoms with E-state index in [0.717, 1.165) is 10.7 Å². The lowest BCUT2D eigenvalue weighted by Gasteiger charge is -2.21. The van der Waals surface area contributed by atoms with Crippen LogP contribution in [0.5, 0.6) is 0 Å².